The van der Waals surface area contributed by atoms with Gasteiger partial charge in [-0.3, -0.25) is 0 Å². The van der Waals surface area contributed by atoms with Crippen LogP contribution in [-0.4, -0.2) is 12.0 Å². The molecule has 0 fully saturated rings. The van der Waals surface area contributed by atoms with Crippen LogP contribution in [0.3, 0.4) is 0 Å². The van der Waals surface area contributed by atoms with Gasteiger partial charge in [0.25, 0.3) is 0 Å². The van der Waals surface area contributed by atoms with E-state index in [1.165, 1.54) is 6.92 Å². The summed E-state index contributed by atoms with van der Waals surface area (Å²) in [5, 5.41) is 2.13. The maximum absolute atomic E-state index is 10.8. The summed E-state index contributed by atoms with van der Waals surface area (Å²) in [6.07, 6.45) is 2.16. The van der Waals surface area contributed by atoms with E-state index >= 15 is 0 Å². The number of hydrogen-bond acceptors (Lipinski definition) is 3. The highest BCUT2D eigenvalue weighted by atomic mass is 16.5. The number of nitrogens with one attached hydrogen (secondary N) is 1. The lowest BCUT2D eigenvalue weighted by Crippen LogP contribution is -2.25. The average molecular weight is 170 g/mol. The molecule has 0 saturated heterocycles. The summed E-state index contributed by atoms with van der Waals surface area (Å²) in [5.41, 5.74) is 4.98. The van der Waals surface area contributed by atoms with Crippen molar-refractivity contribution in [3.63, 3.8) is 0 Å². The van der Waals surface area contributed by atoms with Crippen LogP contribution < -0.4 is 11.1 Å². The molecule has 5 heteroatoms. The second kappa shape index (κ2) is 4.95. The number of nitrogens with two attached hydrogens (primary N) is 1. The number of hydrogen-bond donors (Lipinski definition) is 2. The van der Waals surface area contributed by atoms with E-state index < -0.39 is 12.0 Å². The van der Waals surface area contributed by atoms with Gasteiger partial charge >= 0.3 is 12.0 Å². The predicted molar refractivity (Wildman–Crippen MR) is 42.8 cm³/mol. The van der Waals surface area contributed by atoms with E-state index in [1.54, 1.807) is 0 Å². The molecule has 0 radical (unpaired) electrons. The third kappa shape index (κ3) is 4.10. The Morgan fingerprint density at radius 1 is 1.58 bits per heavy atom. The number of carbonyl (C=O) groups is 2. The molecular weight excluding hydrogens is 160 g/mol. The molecular formula is C7H10N2O3. The second-order valence-electron chi connectivity index (χ2n) is 1.91. The third-order valence-electron chi connectivity index (χ3n) is 0.943. The van der Waals surface area contributed by atoms with Gasteiger partial charge in [0.1, 0.15) is 0 Å². The minimum atomic E-state index is -0.735. The van der Waals surface area contributed by atoms with Crippen molar-refractivity contribution in [2.24, 2.45) is 5.73 Å². The average Bonchev–Trinajstić information content (AvgIpc) is 2.00. The fraction of sp³-hybridized carbons (Fsp3) is 0.143. The van der Waals surface area contributed by atoms with Crippen LogP contribution in [0.25, 0.3) is 0 Å². The zero-order valence-corrected chi connectivity index (χ0v) is 6.66. The van der Waals surface area contributed by atoms with Crippen LogP contribution in [0.5, 0.6) is 0 Å². The van der Waals surface area contributed by atoms with Gasteiger partial charge in [-0.25, -0.2) is 9.59 Å². The maximum Gasteiger partial charge on any atom is 0.339 e. The Bertz CT molecular complexity index is 233. The van der Waals surface area contributed by atoms with Crippen LogP contribution in [0, 0.1) is 0 Å². The molecule has 0 unspecified atom stereocenters. The van der Waals surface area contributed by atoms with Crippen LogP contribution >= 0.6 is 0 Å². The van der Waals surface area contributed by atoms with Crippen molar-refractivity contribution >= 4 is 12.0 Å². The van der Waals surface area contributed by atoms with Gasteiger partial charge in [-0.15, -0.1) is 0 Å². The van der Waals surface area contributed by atoms with Gasteiger partial charge < -0.3 is 15.8 Å². The van der Waals surface area contributed by atoms with E-state index in [9.17, 15) is 9.59 Å². The molecule has 0 bridgehead atoms. The van der Waals surface area contributed by atoms with Gasteiger partial charge in [0.2, 0.25) is 0 Å². The lowest BCUT2D eigenvalue weighted by molar-refractivity contribution is -0.133. The largest absolute Gasteiger partial charge is 0.432 e. The highest BCUT2D eigenvalue weighted by Gasteiger charge is 2.02. The summed E-state index contributed by atoms with van der Waals surface area (Å²) in [6, 6.07) is -0.735. The zero-order valence-electron chi connectivity index (χ0n) is 6.66. The summed E-state index contributed by atoms with van der Waals surface area (Å²) in [4.78, 5) is 21.0. The molecule has 0 atom stereocenters. The topological polar surface area (TPSA) is 81.4 Å². The SMILES string of the molecule is C=COC(=O)/C(C)=C/NC(N)=O. The highest BCUT2D eigenvalue weighted by molar-refractivity contribution is 5.88. The Hall–Kier alpha value is -1.78. The maximum atomic E-state index is 10.8. The van der Waals surface area contributed by atoms with Crippen LogP contribution in [0.1, 0.15) is 6.92 Å². The van der Waals surface area contributed by atoms with E-state index in [4.69, 9.17) is 5.73 Å². The molecule has 5 nitrogen and oxygen atoms in total. The van der Waals surface area contributed by atoms with Crippen molar-refractivity contribution in [2.45, 2.75) is 6.92 Å². The van der Waals surface area contributed by atoms with Crippen molar-refractivity contribution < 1.29 is 14.3 Å². The van der Waals surface area contributed by atoms with Crippen molar-refractivity contribution in [2.75, 3.05) is 0 Å². The first-order valence-corrected chi connectivity index (χ1v) is 3.12. The summed E-state index contributed by atoms with van der Waals surface area (Å²) in [5.74, 6) is -0.584. The monoisotopic (exact) mass is 170 g/mol. The van der Waals surface area contributed by atoms with Crippen LogP contribution in [0.2, 0.25) is 0 Å². The quantitative estimate of drug-likeness (QED) is 0.361. The Labute approximate surface area is 69.9 Å². The minimum absolute atomic E-state index is 0.230. The first-order chi connectivity index (χ1) is 5.57. The molecule has 0 aromatic heterocycles. The van der Waals surface area contributed by atoms with Crippen molar-refractivity contribution in [3.8, 4) is 0 Å². The molecule has 66 valence electrons. The van der Waals surface area contributed by atoms with E-state index in [0.29, 0.717) is 0 Å². The lowest BCUT2D eigenvalue weighted by atomic mass is 10.3. The summed E-state index contributed by atoms with van der Waals surface area (Å²) in [6.45, 7) is 4.67. The van der Waals surface area contributed by atoms with E-state index in [2.05, 4.69) is 16.6 Å². The number of amides is 2. The molecule has 0 aliphatic carbocycles. The molecule has 3 N–H and O–H groups in total. The van der Waals surface area contributed by atoms with Gasteiger partial charge in [0.15, 0.2) is 0 Å². The van der Waals surface area contributed by atoms with Gasteiger partial charge in [0, 0.05) is 6.20 Å². The number of primary amides is 1. The predicted octanol–water partition coefficient (Wildman–Crippen LogP) is 0.245. The smallest absolute Gasteiger partial charge is 0.339 e. The Morgan fingerprint density at radius 3 is 2.58 bits per heavy atom. The fourth-order valence-corrected chi connectivity index (χ4v) is 0.407. The third-order valence-corrected chi connectivity index (χ3v) is 0.943. The number of rotatable bonds is 3. The number of ether oxygens (including phenoxy) is 1. The van der Waals surface area contributed by atoms with Crippen LogP contribution in [0.4, 0.5) is 4.79 Å². The van der Waals surface area contributed by atoms with Gasteiger partial charge in [-0.1, -0.05) is 6.58 Å². The molecule has 0 saturated carbocycles. The normalized spacial score (nSPS) is 10.2. The molecule has 0 aromatic carbocycles. The Kier molecular flexibility index (Phi) is 4.21. The molecule has 0 aliphatic heterocycles. The first-order valence-electron chi connectivity index (χ1n) is 3.12. The van der Waals surface area contributed by atoms with Crippen molar-refractivity contribution in [1.29, 1.82) is 0 Å². The first kappa shape index (κ1) is 10.2. The molecule has 0 aromatic rings. The minimum Gasteiger partial charge on any atom is -0.432 e. The zero-order chi connectivity index (χ0) is 9.56. The van der Waals surface area contributed by atoms with Gasteiger partial charge in [-0.05, 0) is 6.92 Å². The van der Waals surface area contributed by atoms with Gasteiger partial charge in [-0.2, -0.15) is 0 Å². The second-order valence-corrected chi connectivity index (χ2v) is 1.91. The molecule has 0 spiro atoms. The van der Waals surface area contributed by atoms with Crippen LogP contribution in [-0.2, 0) is 9.53 Å². The van der Waals surface area contributed by atoms with E-state index in [1.807, 2.05) is 0 Å². The summed E-state index contributed by atoms with van der Waals surface area (Å²) >= 11 is 0. The van der Waals surface area contributed by atoms with E-state index in [-0.39, 0.29) is 5.57 Å². The van der Waals surface area contributed by atoms with Crippen LogP contribution in [0.15, 0.2) is 24.6 Å². The summed E-state index contributed by atoms with van der Waals surface area (Å²) < 4.78 is 4.40. The Morgan fingerprint density at radius 2 is 2.17 bits per heavy atom. The number of carbonyl (C=O) groups excluding carboxylic acids is 2. The van der Waals surface area contributed by atoms with E-state index in [0.717, 1.165) is 12.5 Å². The number of urea groups is 1. The summed E-state index contributed by atoms with van der Waals surface area (Å²) in [7, 11) is 0. The molecule has 0 heterocycles. The highest BCUT2D eigenvalue weighted by Crippen LogP contribution is 1.94. The van der Waals surface area contributed by atoms with Crippen molar-refractivity contribution in [1.82, 2.24) is 5.32 Å². The van der Waals surface area contributed by atoms with Gasteiger partial charge in [0.05, 0.1) is 11.8 Å². The number of esters is 1. The Balaban J connectivity index is 4.07. The molecule has 0 rings (SSSR count). The molecule has 0 aliphatic rings. The fourth-order valence-electron chi connectivity index (χ4n) is 0.407. The molecule has 2 amide bonds. The standard InChI is InChI=1S/C7H10N2O3/c1-3-12-6(10)5(2)4-9-7(8)11/h3-4H,1H2,2H3,(H3,8,9,11)/b5-4+. The molecule has 12 heavy (non-hydrogen) atoms. The lowest BCUT2D eigenvalue weighted by Gasteiger charge is -1.98. The van der Waals surface area contributed by atoms with Crippen molar-refractivity contribution in [3.05, 3.63) is 24.6 Å².